The number of aryl methyl sites for hydroxylation is 2. The number of anilines is 1. The van der Waals surface area contributed by atoms with E-state index in [0.717, 1.165) is 48.0 Å². The highest BCUT2D eigenvalue weighted by atomic mass is 32.1. The van der Waals surface area contributed by atoms with E-state index in [0.29, 0.717) is 5.78 Å². The maximum Gasteiger partial charge on any atom is 0.254 e. The zero-order chi connectivity index (χ0) is 14.7. The highest BCUT2D eigenvalue weighted by Crippen LogP contribution is 2.13. The predicted octanol–water partition coefficient (Wildman–Crippen LogP) is 2.50. The Labute approximate surface area is 127 Å². The fraction of sp³-hybridized carbons (Fsp3) is 0.429. The molecule has 0 aliphatic heterocycles. The molecule has 110 valence electrons. The first-order valence-electron chi connectivity index (χ1n) is 7.11. The van der Waals surface area contributed by atoms with Crippen LogP contribution in [0, 0.1) is 6.92 Å². The smallest absolute Gasteiger partial charge is 0.254 e. The quantitative estimate of drug-likeness (QED) is 0.757. The number of rotatable bonds is 6. The van der Waals surface area contributed by atoms with E-state index >= 15 is 0 Å². The second kappa shape index (κ2) is 6.17. The first-order chi connectivity index (χ1) is 10.3. The number of aromatic nitrogens is 5. The van der Waals surface area contributed by atoms with Gasteiger partial charge in [-0.1, -0.05) is 13.3 Å². The van der Waals surface area contributed by atoms with E-state index in [-0.39, 0.29) is 0 Å². The van der Waals surface area contributed by atoms with Crippen LogP contribution in [0.3, 0.4) is 0 Å². The minimum absolute atomic E-state index is 0.646. The van der Waals surface area contributed by atoms with E-state index in [1.54, 1.807) is 15.9 Å². The van der Waals surface area contributed by atoms with Gasteiger partial charge in [-0.3, -0.25) is 0 Å². The van der Waals surface area contributed by atoms with Crippen molar-refractivity contribution in [1.29, 1.82) is 0 Å². The van der Waals surface area contributed by atoms with Crippen LogP contribution in [0.15, 0.2) is 17.8 Å². The lowest BCUT2D eigenvalue weighted by molar-refractivity contribution is 0.850. The van der Waals surface area contributed by atoms with Gasteiger partial charge in [-0.05, 0) is 13.3 Å². The van der Waals surface area contributed by atoms with Crippen molar-refractivity contribution >= 4 is 22.9 Å². The zero-order valence-electron chi connectivity index (χ0n) is 12.2. The molecule has 3 aromatic heterocycles. The number of hydrogen-bond acceptors (Lipinski definition) is 6. The minimum Gasteiger partial charge on any atom is -0.369 e. The summed E-state index contributed by atoms with van der Waals surface area (Å²) in [4.78, 5) is 13.1. The maximum atomic E-state index is 4.49. The fourth-order valence-corrected chi connectivity index (χ4v) is 2.86. The summed E-state index contributed by atoms with van der Waals surface area (Å²) >= 11 is 1.69. The molecule has 1 N–H and O–H groups in total. The molecule has 0 bridgehead atoms. The third-order valence-corrected chi connectivity index (χ3v) is 3.99. The Morgan fingerprint density at radius 2 is 2.14 bits per heavy atom. The van der Waals surface area contributed by atoms with Gasteiger partial charge in [0.25, 0.3) is 5.78 Å². The summed E-state index contributed by atoms with van der Waals surface area (Å²) < 4.78 is 1.74. The van der Waals surface area contributed by atoms with Gasteiger partial charge in [0.05, 0.1) is 10.7 Å². The van der Waals surface area contributed by atoms with Crippen molar-refractivity contribution in [1.82, 2.24) is 24.6 Å². The van der Waals surface area contributed by atoms with Crippen molar-refractivity contribution in [3.05, 3.63) is 34.2 Å². The van der Waals surface area contributed by atoms with Crippen LogP contribution in [-0.4, -0.2) is 31.1 Å². The molecule has 0 spiro atoms. The highest BCUT2D eigenvalue weighted by molar-refractivity contribution is 7.09. The first-order valence-corrected chi connectivity index (χ1v) is 7.98. The first kappa shape index (κ1) is 13.9. The molecule has 0 amide bonds. The average molecular weight is 302 g/mol. The molecule has 0 aliphatic carbocycles. The van der Waals surface area contributed by atoms with Crippen LogP contribution in [-0.2, 0) is 12.8 Å². The third kappa shape index (κ3) is 3.18. The molecular formula is C14H18N6S. The Hall–Kier alpha value is -2.02. The summed E-state index contributed by atoms with van der Waals surface area (Å²) in [7, 11) is 0. The normalized spacial score (nSPS) is 11.1. The van der Waals surface area contributed by atoms with Crippen LogP contribution in [0.5, 0.6) is 0 Å². The van der Waals surface area contributed by atoms with Crippen molar-refractivity contribution in [2.24, 2.45) is 0 Å². The van der Waals surface area contributed by atoms with Crippen LogP contribution < -0.4 is 5.32 Å². The molecule has 0 unspecified atom stereocenters. The van der Waals surface area contributed by atoms with Gasteiger partial charge in [-0.25, -0.2) is 9.97 Å². The predicted molar refractivity (Wildman–Crippen MR) is 83.8 cm³/mol. The monoisotopic (exact) mass is 302 g/mol. The minimum atomic E-state index is 0.646. The maximum absolute atomic E-state index is 4.49. The molecule has 0 radical (unpaired) electrons. The van der Waals surface area contributed by atoms with Crippen LogP contribution in [0.25, 0.3) is 5.78 Å². The number of hydrogen-bond donors (Lipinski definition) is 1. The van der Waals surface area contributed by atoms with Crippen LogP contribution >= 0.6 is 11.3 Å². The van der Waals surface area contributed by atoms with E-state index in [1.165, 1.54) is 6.33 Å². The highest BCUT2D eigenvalue weighted by Gasteiger charge is 2.07. The van der Waals surface area contributed by atoms with Crippen molar-refractivity contribution in [3.63, 3.8) is 0 Å². The topological polar surface area (TPSA) is 68.0 Å². The van der Waals surface area contributed by atoms with E-state index in [1.807, 2.05) is 6.92 Å². The summed E-state index contributed by atoms with van der Waals surface area (Å²) in [6.07, 6.45) is 4.44. The molecule has 3 rings (SSSR count). The Kier molecular flexibility index (Phi) is 4.10. The van der Waals surface area contributed by atoms with Gasteiger partial charge in [0.15, 0.2) is 0 Å². The number of nitrogens with zero attached hydrogens (tertiary/aromatic N) is 5. The van der Waals surface area contributed by atoms with Gasteiger partial charge < -0.3 is 5.32 Å². The molecule has 7 heteroatoms. The van der Waals surface area contributed by atoms with Crippen LogP contribution in [0.1, 0.15) is 29.7 Å². The van der Waals surface area contributed by atoms with Crippen molar-refractivity contribution in [3.8, 4) is 0 Å². The van der Waals surface area contributed by atoms with Crippen molar-refractivity contribution < 1.29 is 0 Å². The summed E-state index contributed by atoms with van der Waals surface area (Å²) in [6, 6.07) is 2.05. The van der Waals surface area contributed by atoms with E-state index in [2.05, 4.69) is 43.7 Å². The largest absolute Gasteiger partial charge is 0.369 e. The van der Waals surface area contributed by atoms with Gasteiger partial charge in [-0.15, -0.1) is 11.3 Å². The molecule has 0 saturated carbocycles. The second-order valence-electron chi connectivity index (χ2n) is 4.89. The Bertz CT molecular complexity index is 732. The summed E-state index contributed by atoms with van der Waals surface area (Å²) in [5.41, 5.74) is 2.17. The lowest BCUT2D eigenvalue weighted by atomic mass is 10.2. The lowest BCUT2D eigenvalue weighted by Gasteiger charge is -2.09. The number of fused-ring (bicyclic) bond motifs is 1. The molecule has 0 fully saturated rings. The molecule has 0 aliphatic rings. The van der Waals surface area contributed by atoms with Crippen molar-refractivity contribution in [2.75, 3.05) is 11.9 Å². The SMILES string of the molecule is CCCc1cc(NCCc2csc(C)n2)n2ncnc2n1. The van der Waals surface area contributed by atoms with Crippen molar-refractivity contribution in [2.45, 2.75) is 33.1 Å². The third-order valence-electron chi connectivity index (χ3n) is 3.16. The Morgan fingerprint density at radius 1 is 1.24 bits per heavy atom. The molecule has 21 heavy (non-hydrogen) atoms. The molecule has 3 aromatic rings. The van der Waals surface area contributed by atoms with E-state index in [4.69, 9.17) is 0 Å². The van der Waals surface area contributed by atoms with Gasteiger partial charge in [0.2, 0.25) is 0 Å². The number of nitrogens with one attached hydrogen (secondary N) is 1. The molecule has 6 nitrogen and oxygen atoms in total. The standard InChI is InChI=1S/C14H18N6S/c1-3-4-11-7-13(20-14(19-11)16-9-17-20)15-6-5-12-8-21-10(2)18-12/h7-9,15H,3-6H2,1-2H3. The molecule has 0 saturated heterocycles. The van der Waals surface area contributed by atoms with Crippen LogP contribution in [0.2, 0.25) is 0 Å². The van der Waals surface area contributed by atoms with Gasteiger partial charge in [0, 0.05) is 30.1 Å². The second-order valence-corrected chi connectivity index (χ2v) is 5.95. The Balaban J connectivity index is 1.74. The van der Waals surface area contributed by atoms with E-state index < -0.39 is 0 Å². The van der Waals surface area contributed by atoms with Gasteiger partial charge in [0.1, 0.15) is 12.1 Å². The summed E-state index contributed by atoms with van der Waals surface area (Å²) in [5, 5.41) is 10.8. The van der Waals surface area contributed by atoms with Gasteiger partial charge >= 0.3 is 0 Å². The lowest BCUT2D eigenvalue weighted by Crippen LogP contribution is -2.11. The zero-order valence-corrected chi connectivity index (χ0v) is 13.0. The number of thiazole rings is 1. The Morgan fingerprint density at radius 3 is 2.90 bits per heavy atom. The molecule has 0 atom stereocenters. The van der Waals surface area contributed by atoms with Gasteiger partial charge in [-0.2, -0.15) is 14.6 Å². The molecular weight excluding hydrogens is 284 g/mol. The summed E-state index contributed by atoms with van der Waals surface area (Å²) in [6.45, 7) is 4.99. The average Bonchev–Trinajstić information content (AvgIpc) is 3.08. The summed E-state index contributed by atoms with van der Waals surface area (Å²) in [5.74, 6) is 1.58. The fourth-order valence-electron chi connectivity index (χ4n) is 2.21. The van der Waals surface area contributed by atoms with E-state index in [9.17, 15) is 0 Å². The van der Waals surface area contributed by atoms with Crippen LogP contribution in [0.4, 0.5) is 5.82 Å². The molecule has 3 heterocycles. The molecule has 0 aromatic carbocycles.